The zero-order chi connectivity index (χ0) is 11.2. The summed E-state index contributed by atoms with van der Waals surface area (Å²) in [5.41, 5.74) is -0.981. The van der Waals surface area contributed by atoms with Gasteiger partial charge in [0.05, 0.1) is 6.61 Å². The Hall–Kier alpha value is -0.610. The molecule has 14 heavy (non-hydrogen) atoms. The Balaban J connectivity index is 4.31. The largest absolute Gasteiger partial charge is 0.480 e. The van der Waals surface area contributed by atoms with E-state index in [1.807, 2.05) is 20.8 Å². The van der Waals surface area contributed by atoms with Gasteiger partial charge in [-0.15, -0.1) is 0 Å². The van der Waals surface area contributed by atoms with Crippen molar-refractivity contribution in [3.63, 3.8) is 0 Å². The van der Waals surface area contributed by atoms with E-state index in [-0.39, 0.29) is 12.6 Å². The Bertz CT molecular complexity index is 184. The quantitative estimate of drug-likeness (QED) is 0.654. The fourth-order valence-electron chi connectivity index (χ4n) is 1.12. The molecule has 0 aromatic carbocycles. The van der Waals surface area contributed by atoms with Crippen LogP contribution in [0.2, 0.25) is 0 Å². The van der Waals surface area contributed by atoms with Crippen molar-refractivity contribution in [3.8, 4) is 0 Å². The summed E-state index contributed by atoms with van der Waals surface area (Å²) >= 11 is 0. The molecule has 0 spiro atoms. The molecule has 2 N–H and O–H groups in total. The molecule has 0 aliphatic carbocycles. The second kappa shape index (κ2) is 5.98. The van der Waals surface area contributed by atoms with Crippen LogP contribution in [0, 0.1) is 0 Å². The third-order valence-electron chi connectivity index (χ3n) is 2.24. The first-order valence-electron chi connectivity index (χ1n) is 5.05. The van der Waals surface area contributed by atoms with Gasteiger partial charge in [0.2, 0.25) is 0 Å². The second-order valence-electron chi connectivity index (χ2n) is 3.73. The summed E-state index contributed by atoms with van der Waals surface area (Å²) in [6, 6.07) is 0.177. The third kappa shape index (κ3) is 4.07. The van der Waals surface area contributed by atoms with Crippen molar-refractivity contribution in [2.24, 2.45) is 0 Å². The Morgan fingerprint density at radius 2 is 2.14 bits per heavy atom. The lowest BCUT2D eigenvalue weighted by molar-refractivity contribution is -0.147. The number of rotatable bonds is 7. The van der Waals surface area contributed by atoms with Crippen LogP contribution in [0.3, 0.4) is 0 Å². The van der Waals surface area contributed by atoms with Crippen molar-refractivity contribution in [2.45, 2.75) is 45.7 Å². The molecule has 4 heteroatoms. The highest BCUT2D eigenvalue weighted by Crippen LogP contribution is 2.08. The Kier molecular flexibility index (Phi) is 5.72. The summed E-state index contributed by atoms with van der Waals surface area (Å²) in [5.74, 6) is -0.869. The average molecular weight is 203 g/mol. The van der Waals surface area contributed by atoms with Crippen LogP contribution in [0.5, 0.6) is 0 Å². The maximum absolute atomic E-state index is 11.0. The molecule has 0 radical (unpaired) electrons. The molecular weight excluding hydrogens is 182 g/mol. The van der Waals surface area contributed by atoms with Gasteiger partial charge in [-0.05, 0) is 27.2 Å². The molecular formula is C10H21NO3. The van der Waals surface area contributed by atoms with E-state index in [0.29, 0.717) is 6.61 Å². The molecule has 0 heterocycles. The summed E-state index contributed by atoms with van der Waals surface area (Å²) in [4.78, 5) is 11.0. The van der Waals surface area contributed by atoms with Crippen molar-refractivity contribution in [3.05, 3.63) is 0 Å². The van der Waals surface area contributed by atoms with Gasteiger partial charge in [-0.3, -0.25) is 10.1 Å². The smallest absolute Gasteiger partial charge is 0.326 e. The van der Waals surface area contributed by atoms with Crippen molar-refractivity contribution < 1.29 is 14.6 Å². The summed E-state index contributed by atoms with van der Waals surface area (Å²) in [6.45, 7) is 8.21. The zero-order valence-corrected chi connectivity index (χ0v) is 9.46. The zero-order valence-electron chi connectivity index (χ0n) is 9.46. The molecule has 0 bridgehead atoms. The molecule has 2 atom stereocenters. The number of hydrogen-bond acceptors (Lipinski definition) is 3. The summed E-state index contributed by atoms with van der Waals surface area (Å²) in [7, 11) is 0. The Labute approximate surface area is 85.6 Å². The van der Waals surface area contributed by atoms with E-state index in [1.165, 1.54) is 0 Å². The van der Waals surface area contributed by atoms with Gasteiger partial charge in [0.1, 0.15) is 5.54 Å². The molecule has 0 aromatic heterocycles. The van der Waals surface area contributed by atoms with Crippen LogP contribution in [-0.4, -0.2) is 35.9 Å². The molecule has 2 unspecified atom stereocenters. The van der Waals surface area contributed by atoms with Crippen LogP contribution in [0.4, 0.5) is 0 Å². The molecule has 0 saturated heterocycles. The van der Waals surface area contributed by atoms with Gasteiger partial charge < -0.3 is 9.84 Å². The summed E-state index contributed by atoms with van der Waals surface area (Å²) in [6.07, 6.45) is 0.898. The molecule has 0 aliphatic heterocycles. The monoisotopic (exact) mass is 203 g/mol. The van der Waals surface area contributed by atoms with Crippen LogP contribution in [0.25, 0.3) is 0 Å². The molecule has 4 nitrogen and oxygen atoms in total. The first kappa shape index (κ1) is 13.4. The van der Waals surface area contributed by atoms with E-state index < -0.39 is 11.5 Å². The van der Waals surface area contributed by atoms with E-state index in [1.54, 1.807) is 6.92 Å². The first-order chi connectivity index (χ1) is 6.46. The maximum atomic E-state index is 11.0. The van der Waals surface area contributed by atoms with Gasteiger partial charge in [-0.1, -0.05) is 6.92 Å². The van der Waals surface area contributed by atoms with Crippen LogP contribution in [0.15, 0.2) is 0 Å². The predicted molar refractivity (Wildman–Crippen MR) is 55.4 cm³/mol. The number of carboxylic acids is 1. The molecule has 0 aromatic rings. The SMILES string of the molecule is CCOCC(C)(NC(C)CC)C(=O)O. The van der Waals surface area contributed by atoms with E-state index in [9.17, 15) is 4.79 Å². The van der Waals surface area contributed by atoms with Crippen molar-refractivity contribution >= 4 is 5.97 Å². The van der Waals surface area contributed by atoms with Crippen LogP contribution >= 0.6 is 0 Å². The number of hydrogen-bond donors (Lipinski definition) is 2. The minimum atomic E-state index is -0.981. The molecule has 0 amide bonds. The number of nitrogens with one attached hydrogen (secondary N) is 1. The molecule has 0 aliphatic rings. The first-order valence-corrected chi connectivity index (χ1v) is 5.05. The van der Waals surface area contributed by atoms with E-state index >= 15 is 0 Å². The predicted octanol–water partition coefficient (Wildman–Crippen LogP) is 1.25. The average Bonchev–Trinajstić information content (AvgIpc) is 2.14. The molecule has 0 rings (SSSR count). The van der Waals surface area contributed by atoms with E-state index in [2.05, 4.69) is 5.32 Å². The number of ether oxygens (including phenoxy) is 1. The minimum absolute atomic E-state index is 0.177. The number of carbonyl (C=O) groups is 1. The van der Waals surface area contributed by atoms with Crippen molar-refractivity contribution in [1.29, 1.82) is 0 Å². The molecule has 0 saturated carbocycles. The Morgan fingerprint density at radius 3 is 2.50 bits per heavy atom. The fraction of sp³-hybridized carbons (Fsp3) is 0.900. The normalized spacial score (nSPS) is 17.4. The standard InChI is InChI=1S/C10H21NO3/c1-5-8(3)11-10(4,9(12)13)7-14-6-2/h8,11H,5-7H2,1-4H3,(H,12,13). The van der Waals surface area contributed by atoms with E-state index in [4.69, 9.17) is 9.84 Å². The van der Waals surface area contributed by atoms with Crippen LogP contribution in [0.1, 0.15) is 34.1 Å². The minimum Gasteiger partial charge on any atom is -0.480 e. The van der Waals surface area contributed by atoms with Gasteiger partial charge >= 0.3 is 5.97 Å². The highest BCUT2D eigenvalue weighted by molar-refractivity contribution is 5.78. The van der Waals surface area contributed by atoms with Gasteiger partial charge in [0.25, 0.3) is 0 Å². The lowest BCUT2D eigenvalue weighted by Gasteiger charge is -2.29. The summed E-state index contributed by atoms with van der Waals surface area (Å²) < 4.78 is 5.16. The van der Waals surface area contributed by atoms with Gasteiger partial charge in [0, 0.05) is 12.6 Å². The van der Waals surface area contributed by atoms with Crippen LogP contribution < -0.4 is 5.32 Å². The highest BCUT2D eigenvalue weighted by atomic mass is 16.5. The highest BCUT2D eigenvalue weighted by Gasteiger charge is 2.34. The fourth-order valence-corrected chi connectivity index (χ4v) is 1.12. The lowest BCUT2D eigenvalue weighted by Crippen LogP contribution is -2.56. The lowest BCUT2D eigenvalue weighted by atomic mass is 10.0. The maximum Gasteiger partial charge on any atom is 0.326 e. The number of aliphatic carboxylic acids is 1. The van der Waals surface area contributed by atoms with E-state index in [0.717, 1.165) is 6.42 Å². The summed E-state index contributed by atoms with van der Waals surface area (Å²) in [5, 5.41) is 12.1. The molecule has 0 fully saturated rings. The topological polar surface area (TPSA) is 58.6 Å². The second-order valence-corrected chi connectivity index (χ2v) is 3.73. The molecule has 84 valence electrons. The van der Waals surface area contributed by atoms with Gasteiger partial charge in [-0.25, -0.2) is 0 Å². The third-order valence-corrected chi connectivity index (χ3v) is 2.24. The van der Waals surface area contributed by atoms with Gasteiger partial charge in [0.15, 0.2) is 0 Å². The van der Waals surface area contributed by atoms with Crippen molar-refractivity contribution in [2.75, 3.05) is 13.2 Å². The Morgan fingerprint density at radius 1 is 1.57 bits per heavy atom. The van der Waals surface area contributed by atoms with Crippen molar-refractivity contribution in [1.82, 2.24) is 5.32 Å². The van der Waals surface area contributed by atoms with Gasteiger partial charge in [-0.2, -0.15) is 0 Å². The van der Waals surface area contributed by atoms with Crippen LogP contribution in [-0.2, 0) is 9.53 Å². The number of carboxylic acid groups (broad SMARTS) is 1.